The molecule has 0 atom stereocenters. The second-order valence-corrected chi connectivity index (χ2v) is 5.98. The minimum atomic E-state index is -0.259. The molecule has 27 heavy (non-hydrogen) atoms. The molecule has 6 heteroatoms. The molecule has 0 bridgehead atoms. The third-order valence-corrected chi connectivity index (χ3v) is 4.12. The fourth-order valence-corrected chi connectivity index (χ4v) is 2.62. The molecule has 0 saturated heterocycles. The Morgan fingerprint density at radius 2 is 1.70 bits per heavy atom. The van der Waals surface area contributed by atoms with Gasteiger partial charge < -0.3 is 19.7 Å². The minimum absolute atomic E-state index is 0.0706. The van der Waals surface area contributed by atoms with Crippen LogP contribution in [0.5, 0.6) is 11.5 Å². The van der Waals surface area contributed by atoms with E-state index in [1.807, 2.05) is 36.4 Å². The average Bonchev–Trinajstić information content (AvgIpc) is 2.69. The van der Waals surface area contributed by atoms with Crippen LogP contribution in [0.2, 0.25) is 0 Å². The summed E-state index contributed by atoms with van der Waals surface area (Å²) in [5.74, 6) is 0.754. The number of carbonyl (C=O) groups is 2. The Labute approximate surface area is 160 Å². The van der Waals surface area contributed by atoms with E-state index in [1.54, 1.807) is 24.1 Å². The van der Waals surface area contributed by atoms with Crippen molar-refractivity contribution >= 4 is 17.5 Å². The van der Waals surface area contributed by atoms with Gasteiger partial charge in [0.1, 0.15) is 0 Å². The van der Waals surface area contributed by atoms with E-state index in [0.717, 1.165) is 12.1 Å². The van der Waals surface area contributed by atoms with Gasteiger partial charge in [0, 0.05) is 25.7 Å². The maximum Gasteiger partial charge on any atom is 0.258 e. The van der Waals surface area contributed by atoms with Crippen LogP contribution in [-0.2, 0) is 16.0 Å². The standard InChI is InChI=1S/C21H26N2O4/c1-4-17-9-11-18(12-10-17)23(16(2)24)14-13-22-21(25)15-27-20-8-6-5-7-19(20)26-3/h5-12H,4,13-15H2,1-3H3,(H,22,25). The van der Waals surface area contributed by atoms with Gasteiger partial charge in [0.15, 0.2) is 18.1 Å². The van der Waals surface area contributed by atoms with Crippen LogP contribution in [0.4, 0.5) is 5.69 Å². The number of aryl methyl sites for hydroxylation is 1. The van der Waals surface area contributed by atoms with Crippen LogP contribution in [0.15, 0.2) is 48.5 Å². The average molecular weight is 370 g/mol. The number of hydrogen-bond donors (Lipinski definition) is 1. The van der Waals surface area contributed by atoms with Crippen LogP contribution in [0, 0.1) is 0 Å². The molecule has 0 unspecified atom stereocenters. The first-order valence-electron chi connectivity index (χ1n) is 8.94. The van der Waals surface area contributed by atoms with Crippen molar-refractivity contribution in [3.63, 3.8) is 0 Å². The van der Waals surface area contributed by atoms with Crippen LogP contribution in [0.1, 0.15) is 19.4 Å². The molecular formula is C21H26N2O4. The fourth-order valence-electron chi connectivity index (χ4n) is 2.62. The molecule has 2 aromatic rings. The van der Waals surface area contributed by atoms with Gasteiger partial charge in [0.05, 0.1) is 7.11 Å². The number of benzene rings is 2. The summed E-state index contributed by atoms with van der Waals surface area (Å²) in [6.07, 6.45) is 0.947. The summed E-state index contributed by atoms with van der Waals surface area (Å²) < 4.78 is 10.7. The van der Waals surface area contributed by atoms with Crippen LogP contribution in [0.25, 0.3) is 0 Å². The molecule has 1 N–H and O–H groups in total. The highest BCUT2D eigenvalue weighted by molar-refractivity contribution is 5.91. The zero-order chi connectivity index (χ0) is 19.6. The molecule has 2 aromatic carbocycles. The number of ether oxygens (including phenoxy) is 2. The normalized spacial score (nSPS) is 10.2. The molecule has 0 saturated carbocycles. The van der Waals surface area contributed by atoms with Gasteiger partial charge in [-0.25, -0.2) is 0 Å². The lowest BCUT2D eigenvalue weighted by molar-refractivity contribution is -0.123. The van der Waals surface area contributed by atoms with Crippen molar-refractivity contribution in [1.82, 2.24) is 5.32 Å². The summed E-state index contributed by atoms with van der Waals surface area (Å²) in [7, 11) is 1.55. The van der Waals surface area contributed by atoms with Crippen LogP contribution in [0.3, 0.4) is 0 Å². The molecule has 0 radical (unpaired) electrons. The molecule has 0 aliphatic carbocycles. The molecule has 2 rings (SSSR count). The number of anilines is 1. The summed E-state index contributed by atoms with van der Waals surface area (Å²) in [6.45, 7) is 4.21. The third-order valence-electron chi connectivity index (χ3n) is 4.12. The Morgan fingerprint density at radius 1 is 1.04 bits per heavy atom. The lowest BCUT2D eigenvalue weighted by Gasteiger charge is -2.21. The van der Waals surface area contributed by atoms with Crippen molar-refractivity contribution in [3.8, 4) is 11.5 Å². The number of methoxy groups -OCH3 is 1. The number of para-hydroxylation sites is 2. The molecule has 2 amide bonds. The van der Waals surface area contributed by atoms with Gasteiger partial charge in [-0.3, -0.25) is 9.59 Å². The lowest BCUT2D eigenvalue weighted by atomic mass is 10.1. The number of rotatable bonds is 9. The van der Waals surface area contributed by atoms with Crippen molar-refractivity contribution in [2.45, 2.75) is 20.3 Å². The molecule has 0 heterocycles. The van der Waals surface area contributed by atoms with E-state index in [1.165, 1.54) is 12.5 Å². The monoisotopic (exact) mass is 370 g/mol. The summed E-state index contributed by atoms with van der Waals surface area (Å²) in [5.41, 5.74) is 2.03. The first-order chi connectivity index (χ1) is 13.0. The topological polar surface area (TPSA) is 67.9 Å². The maximum atomic E-state index is 12.0. The Hall–Kier alpha value is -3.02. The van der Waals surface area contributed by atoms with E-state index in [9.17, 15) is 9.59 Å². The summed E-state index contributed by atoms with van der Waals surface area (Å²) >= 11 is 0. The highest BCUT2D eigenvalue weighted by Crippen LogP contribution is 2.25. The van der Waals surface area contributed by atoms with Gasteiger partial charge in [-0.2, -0.15) is 0 Å². The highest BCUT2D eigenvalue weighted by Gasteiger charge is 2.12. The summed E-state index contributed by atoms with van der Waals surface area (Å²) in [4.78, 5) is 25.6. The number of hydrogen-bond acceptors (Lipinski definition) is 4. The van der Waals surface area contributed by atoms with Gasteiger partial charge in [0.2, 0.25) is 5.91 Å². The second-order valence-electron chi connectivity index (χ2n) is 5.98. The predicted molar refractivity (Wildman–Crippen MR) is 105 cm³/mol. The molecule has 0 aromatic heterocycles. The zero-order valence-corrected chi connectivity index (χ0v) is 16.0. The van der Waals surface area contributed by atoms with E-state index >= 15 is 0 Å². The van der Waals surface area contributed by atoms with Gasteiger partial charge in [0.25, 0.3) is 5.91 Å². The Bertz CT molecular complexity index is 759. The maximum absolute atomic E-state index is 12.0. The Morgan fingerprint density at radius 3 is 2.30 bits per heavy atom. The van der Waals surface area contributed by atoms with Crippen LogP contribution in [-0.4, -0.2) is 38.6 Å². The molecule has 0 fully saturated rings. The van der Waals surface area contributed by atoms with E-state index < -0.39 is 0 Å². The Kier molecular flexibility index (Phi) is 7.67. The largest absolute Gasteiger partial charge is 0.493 e. The van der Waals surface area contributed by atoms with Crippen molar-refractivity contribution in [3.05, 3.63) is 54.1 Å². The summed E-state index contributed by atoms with van der Waals surface area (Å²) in [6, 6.07) is 15.0. The van der Waals surface area contributed by atoms with Gasteiger partial charge >= 0.3 is 0 Å². The SMILES string of the molecule is CCc1ccc(N(CCNC(=O)COc2ccccc2OC)C(C)=O)cc1. The smallest absolute Gasteiger partial charge is 0.258 e. The summed E-state index contributed by atoms with van der Waals surface area (Å²) in [5, 5.41) is 2.77. The van der Waals surface area contributed by atoms with Crippen molar-refractivity contribution < 1.29 is 19.1 Å². The quantitative estimate of drug-likeness (QED) is 0.737. The second kappa shape index (κ2) is 10.2. The number of carbonyl (C=O) groups excluding carboxylic acids is 2. The van der Waals surface area contributed by atoms with Gasteiger partial charge in [-0.05, 0) is 36.2 Å². The van der Waals surface area contributed by atoms with Gasteiger partial charge in [-0.1, -0.05) is 31.2 Å². The molecule has 0 spiro atoms. The molecule has 144 valence electrons. The lowest BCUT2D eigenvalue weighted by Crippen LogP contribution is -2.39. The van der Waals surface area contributed by atoms with E-state index in [4.69, 9.17) is 9.47 Å². The predicted octanol–water partition coefficient (Wildman–Crippen LogP) is 2.81. The molecule has 6 nitrogen and oxygen atoms in total. The van der Waals surface area contributed by atoms with Crippen molar-refractivity contribution in [1.29, 1.82) is 0 Å². The fraction of sp³-hybridized carbons (Fsp3) is 0.333. The van der Waals surface area contributed by atoms with Crippen LogP contribution < -0.4 is 19.7 Å². The number of nitrogens with zero attached hydrogens (tertiary/aromatic N) is 1. The zero-order valence-electron chi connectivity index (χ0n) is 16.0. The Balaban J connectivity index is 1.83. The highest BCUT2D eigenvalue weighted by atomic mass is 16.5. The van der Waals surface area contributed by atoms with Crippen molar-refractivity contribution in [2.75, 3.05) is 31.7 Å². The van der Waals surface area contributed by atoms with E-state index in [2.05, 4.69) is 12.2 Å². The molecule has 0 aliphatic heterocycles. The first kappa shape index (κ1) is 20.3. The third kappa shape index (κ3) is 6.02. The molecular weight excluding hydrogens is 344 g/mol. The first-order valence-corrected chi connectivity index (χ1v) is 8.94. The van der Waals surface area contributed by atoms with Gasteiger partial charge in [-0.15, -0.1) is 0 Å². The number of nitrogens with one attached hydrogen (secondary N) is 1. The van der Waals surface area contributed by atoms with Crippen molar-refractivity contribution in [2.24, 2.45) is 0 Å². The minimum Gasteiger partial charge on any atom is -0.493 e. The number of amides is 2. The van der Waals surface area contributed by atoms with Crippen LogP contribution >= 0.6 is 0 Å². The van der Waals surface area contributed by atoms with E-state index in [-0.39, 0.29) is 18.4 Å². The van der Waals surface area contributed by atoms with E-state index in [0.29, 0.717) is 24.6 Å². The molecule has 0 aliphatic rings.